The minimum Gasteiger partial charge on any atom is -0.376 e. The van der Waals surface area contributed by atoms with Crippen LogP contribution in [-0.4, -0.2) is 48.0 Å². The standard InChI is InChI=1S/C30H36ClN3O4S/c1-22-8-5-9-23(16-22)21-39(36,37)30-32-18-27(34(30)26-12-3-2-4-13-26)19-33(20-28-14-7-15-38-28)29(35)24-10-6-11-25(31)17-24/h5-6,8-11,16-18,26,28H,2-4,7,12-15,19-21H2,1H3/t28-/m0/s1. The Balaban J connectivity index is 1.50. The predicted molar refractivity (Wildman–Crippen MR) is 152 cm³/mol. The minimum atomic E-state index is -3.72. The highest BCUT2D eigenvalue weighted by Gasteiger charge is 2.31. The second-order valence-corrected chi connectivity index (χ2v) is 13.1. The number of aryl methyl sites for hydroxylation is 1. The average molecular weight is 570 g/mol. The topological polar surface area (TPSA) is 81.5 Å². The summed E-state index contributed by atoms with van der Waals surface area (Å²) in [5, 5.41) is 0.591. The Bertz CT molecular complexity index is 1410. The SMILES string of the molecule is Cc1cccc(CS(=O)(=O)c2ncc(CN(C[C@@H]3CCCO3)C(=O)c3cccc(Cl)c3)n2C2CCCCC2)c1. The molecule has 3 aromatic rings. The number of ether oxygens (including phenoxy) is 1. The fraction of sp³-hybridized carbons (Fsp3) is 0.467. The summed E-state index contributed by atoms with van der Waals surface area (Å²) in [5.41, 5.74) is 2.99. The Labute approximate surface area is 236 Å². The van der Waals surface area contributed by atoms with Gasteiger partial charge in [0, 0.05) is 29.8 Å². The van der Waals surface area contributed by atoms with E-state index in [9.17, 15) is 13.2 Å². The summed E-state index contributed by atoms with van der Waals surface area (Å²) in [4.78, 5) is 20.0. The molecule has 1 amide bonds. The molecule has 39 heavy (non-hydrogen) atoms. The van der Waals surface area contributed by atoms with Gasteiger partial charge in [0.1, 0.15) is 0 Å². The lowest BCUT2D eigenvalue weighted by molar-refractivity contribution is 0.0499. The highest BCUT2D eigenvalue weighted by Crippen LogP contribution is 2.33. The second-order valence-electron chi connectivity index (χ2n) is 10.8. The number of imidazole rings is 1. The molecular weight excluding hydrogens is 534 g/mol. The molecule has 0 radical (unpaired) electrons. The molecular formula is C30H36ClN3O4S. The molecule has 1 aliphatic carbocycles. The highest BCUT2D eigenvalue weighted by molar-refractivity contribution is 7.90. The van der Waals surface area contributed by atoms with Gasteiger partial charge in [0.25, 0.3) is 5.91 Å². The number of rotatable bonds is 9. The lowest BCUT2D eigenvalue weighted by Gasteiger charge is -2.30. The Kier molecular flexibility index (Phi) is 8.74. The van der Waals surface area contributed by atoms with Gasteiger partial charge in [0.15, 0.2) is 0 Å². The lowest BCUT2D eigenvalue weighted by Crippen LogP contribution is -2.38. The van der Waals surface area contributed by atoms with Crippen LogP contribution in [-0.2, 0) is 26.9 Å². The molecule has 1 aliphatic heterocycles. The number of benzene rings is 2. The van der Waals surface area contributed by atoms with Gasteiger partial charge < -0.3 is 14.2 Å². The zero-order valence-electron chi connectivity index (χ0n) is 22.4. The van der Waals surface area contributed by atoms with E-state index in [2.05, 4.69) is 4.98 Å². The average Bonchev–Trinajstić information content (AvgIpc) is 3.59. The maximum absolute atomic E-state index is 13.7. The molecule has 1 saturated heterocycles. The van der Waals surface area contributed by atoms with Gasteiger partial charge in [-0.3, -0.25) is 4.79 Å². The third kappa shape index (κ3) is 6.73. The molecule has 0 bridgehead atoms. The first-order chi connectivity index (χ1) is 18.8. The third-order valence-corrected chi connectivity index (χ3v) is 9.46. The Hall–Kier alpha value is -2.68. The van der Waals surface area contributed by atoms with Crippen LogP contribution in [0.1, 0.15) is 78.2 Å². The molecule has 1 saturated carbocycles. The molecule has 9 heteroatoms. The lowest BCUT2D eigenvalue weighted by atomic mass is 9.95. The molecule has 2 aromatic carbocycles. The number of aromatic nitrogens is 2. The van der Waals surface area contributed by atoms with Crippen molar-refractivity contribution in [3.05, 3.63) is 82.1 Å². The smallest absolute Gasteiger partial charge is 0.254 e. The summed E-state index contributed by atoms with van der Waals surface area (Å²) in [6.45, 7) is 3.31. The first kappa shape index (κ1) is 27.9. The molecule has 208 valence electrons. The van der Waals surface area contributed by atoms with Crippen molar-refractivity contribution in [3.8, 4) is 0 Å². The maximum atomic E-state index is 13.7. The van der Waals surface area contributed by atoms with Crippen molar-refractivity contribution in [2.45, 2.75) is 81.5 Å². The van der Waals surface area contributed by atoms with Gasteiger partial charge in [-0.15, -0.1) is 0 Å². The van der Waals surface area contributed by atoms with Crippen molar-refractivity contribution in [3.63, 3.8) is 0 Å². The fourth-order valence-electron chi connectivity index (χ4n) is 5.79. The zero-order valence-corrected chi connectivity index (χ0v) is 24.0. The summed E-state index contributed by atoms with van der Waals surface area (Å²) in [5.74, 6) is -0.271. The first-order valence-electron chi connectivity index (χ1n) is 13.8. The van der Waals surface area contributed by atoms with Gasteiger partial charge in [-0.05, 0) is 56.4 Å². The van der Waals surface area contributed by atoms with Crippen LogP contribution in [0.4, 0.5) is 0 Å². The van der Waals surface area contributed by atoms with Gasteiger partial charge in [0.05, 0.1) is 30.3 Å². The summed E-state index contributed by atoms with van der Waals surface area (Å²) >= 11 is 6.20. The Morgan fingerprint density at radius 1 is 1.08 bits per heavy atom. The number of halogens is 1. The molecule has 0 spiro atoms. The van der Waals surface area contributed by atoms with Crippen LogP contribution in [0.15, 0.2) is 59.9 Å². The number of hydrogen-bond donors (Lipinski definition) is 0. The van der Waals surface area contributed by atoms with Crippen LogP contribution in [0.2, 0.25) is 5.02 Å². The molecule has 1 atom stereocenters. The van der Waals surface area contributed by atoms with E-state index in [1.165, 1.54) is 0 Å². The largest absolute Gasteiger partial charge is 0.376 e. The van der Waals surface area contributed by atoms with Crippen LogP contribution in [0, 0.1) is 6.92 Å². The molecule has 0 unspecified atom stereocenters. The van der Waals surface area contributed by atoms with Gasteiger partial charge in [0.2, 0.25) is 15.0 Å². The van der Waals surface area contributed by atoms with E-state index in [1.54, 1.807) is 35.4 Å². The first-order valence-corrected chi connectivity index (χ1v) is 15.8. The number of hydrogen-bond acceptors (Lipinski definition) is 5. The predicted octanol–water partition coefficient (Wildman–Crippen LogP) is 6.15. The molecule has 2 heterocycles. The monoisotopic (exact) mass is 569 g/mol. The molecule has 2 fully saturated rings. The van der Waals surface area contributed by atoms with Gasteiger partial charge in [-0.25, -0.2) is 13.4 Å². The van der Waals surface area contributed by atoms with Crippen LogP contribution >= 0.6 is 11.6 Å². The maximum Gasteiger partial charge on any atom is 0.254 e. The second kappa shape index (κ2) is 12.2. The summed E-state index contributed by atoms with van der Waals surface area (Å²) < 4.78 is 35.3. The van der Waals surface area contributed by atoms with E-state index in [-0.39, 0.29) is 35.5 Å². The summed E-state index contributed by atoms with van der Waals surface area (Å²) in [6, 6.07) is 14.5. The van der Waals surface area contributed by atoms with Crippen molar-refractivity contribution in [1.29, 1.82) is 0 Å². The molecule has 2 aliphatic rings. The number of nitrogens with zero attached hydrogens (tertiary/aromatic N) is 3. The van der Waals surface area contributed by atoms with E-state index in [4.69, 9.17) is 16.3 Å². The quantitative estimate of drug-likeness (QED) is 0.309. The summed E-state index contributed by atoms with van der Waals surface area (Å²) in [7, 11) is -3.72. The zero-order chi connectivity index (χ0) is 27.4. The molecule has 7 nitrogen and oxygen atoms in total. The van der Waals surface area contributed by atoms with Crippen LogP contribution in [0.3, 0.4) is 0 Å². The number of carbonyl (C=O) groups is 1. The fourth-order valence-corrected chi connectivity index (χ4v) is 7.51. The van der Waals surface area contributed by atoms with E-state index in [0.717, 1.165) is 61.8 Å². The molecule has 5 rings (SSSR count). The number of amides is 1. The van der Waals surface area contributed by atoms with Gasteiger partial charge in [-0.2, -0.15) is 0 Å². The van der Waals surface area contributed by atoms with Crippen LogP contribution in [0.25, 0.3) is 0 Å². The molecule has 1 aromatic heterocycles. The van der Waals surface area contributed by atoms with Gasteiger partial charge in [-0.1, -0.05) is 66.8 Å². The van der Waals surface area contributed by atoms with E-state index < -0.39 is 9.84 Å². The normalized spacial score (nSPS) is 18.4. The van der Waals surface area contributed by atoms with E-state index >= 15 is 0 Å². The van der Waals surface area contributed by atoms with E-state index in [0.29, 0.717) is 23.7 Å². The van der Waals surface area contributed by atoms with Crippen molar-refractivity contribution in [1.82, 2.24) is 14.5 Å². The number of sulfone groups is 1. The van der Waals surface area contributed by atoms with Crippen LogP contribution < -0.4 is 0 Å². The number of carbonyl (C=O) groups excluding carboxylic acids is 1. The van der Waals surface area contributed by atoms with E-state index in [1.807, 2.05) is 35.8 Å². The van der Waals surface area contributed by atoms with Crippen molar-refractivity contribution >= 4 is 27.3 Å². The minimum absolute atomic E-state index is 0.0318. The van der Waals surface area contributed by atoms with Crippen molar-refractivity contribution < 1.29 is 17.9 Å². The molecule has 0 N–H and O–H groups in total. The van der Waals surface area contributed by atoms with Crippen molar-refractivity contribution in [2.75, 3.05) is 13.2 Å². The Morgan fingerprint density at radius 3 is 2.59 bits per heavy atom. The Morgan fingerprint density at radius 2 is 1.87 bits per heavy atom. The van der Waals surface area contributed by atoms with Crippen molar-refractivity contribution in [2.24, 2.45) is 0 Å². The van der Waals surface area contributed by atoms with Gasteiger partial charge >= 0.3 is 0 Å². The summed E-state index contributed by atoms with van der Waals surface area (Å²) in [6.07, 6.45) is 8.46. The third-order valence-electron chi connectivity index (χ3n) is 7.66. The highest BCUT2D eigenvalue weighted by atomic mass is 35.5. The van der Waals surface area contributed by atoms with Crippen LogP contribution in [0.5, 0.6) is 0 Å².